The Hall–Kier alpha value is -2.00. The van der Waals surface area contributed by atoms with Gasteiger partial charge in [0.1, 0.15) is 5.01 Å². The Kier molecular flexibility index (Phi) is 10.4. The predicted octanol–water partition coefficient (Wildman–Crippen LogP) is 5.62. The van der Waals surface area contributed by atoms with Gasteiger partial charge in [0.25, 0.3) is 10.0 Å². The molecule has 2 aromatic rings. The summed E-state index contributed by atoms with van der Waals surface area (Å²) in [6.07, 6.45) is 9.35. The maximum absolute atomic E-state index is 12.6. The number of hydrogen-bond acceptors (Lipinski definition) is 6. The van der Waals surface area contributed by atoms with Crippen molar-refractivity contribution in [1.82, 2.24) is 10.2 Å². The summed E-state index contributed by atoms with van der Waals surface area (Å²) in [4.78, 5) is 12.2. The zero-order valence-corrected chi connectivity index (χ0v) is 20.3. The third-order valence-corrected chi connectivity index (χ3v) is 7.07. The molecule has 2 N–H and O–H groups in total. The number of nitrogens with one attached hydrogen (secondary N) is 2. The summed E-state index contributed by atoms with van der Waals surface area (Å²) in [5.41, 5.74) is 0.585. The normalized spacial score (nSPS) is 11.6. The van der Waals surface area contributed by atoms with Crippen LogP contribution < -0.4 is 10.0 Å². The van der Waals surface area contributed by atoms with Crippen molar-refractivity contribution in [1.29, 1.82) is 0 Å². The number of nitrogens with zero attached hydrogens (tertiary/aromatic N) is 2. The number of hydrogen-bond donors (Lipinski definition) is 2. The average Bonchev–Trinajstić information content (AvgIpc) is 3.13. The van der Waals surface area contributed by atoms with Crippen molar-refractivity contribution in [3.63, 3.8) is 0 Å². The second-order valence-corrected chi connectivity index (χ2v) is 10.9. The largest absolute Gasteiger partial charge is 0.326 e. The van der Waals surface area contributed by atoms with Crippen LogP contribution in [0.25, 0.3) is 0 Å². The molecule has 1 heterocycles. The van der Waals surface area contributed by atoms with Crippen LogP contribution in [-0.2, 0) is 21.2 Å². The minimum absolute atomic E-state index is 0.0474. The number of sulfonamides is 1. The Morgan fingerprint density at radius 3 is 2.29 bits per heavy atom. The van der Waals surface area contributed by atoms with E-state index in [1.165, 1.54) is 55.6 Å². The van der Waals surface area contributed by atoms with Crippen molar-refractivity contribution in [2.24, 2.45) is 5.92 Å². The Morgan fingerprint density at radius 1 is 1.00 bits per heavy atom. The minimum atomic E-state index is -3.76. The number of carbonyl (C=O) groups is 1. The molecule has 0 saturated carbocycles. The van der Waals surface area contributed by atoms with Gasteiger partial charge in [-0.2, -0.15) is 0 Å². The van der Waals surface area contributed by atoms with E-state index in [1.807, 2.05) is 0 Å². The summed E-state index contributed by atoms with van der Waals surface area (Å²) in [5.74, 6) is 0.375. The van der Waals surface area contributed by atoms with Crippen LogP contribution in [0.15, 0.2) is 29.2 Å². The lowest BCUT2D eigenvalue weighted by Crippen LogP contribution is -2.14. The molecule has 0 aliphatic carbocycles. The summed E-state index contributed by atoms with van der Waals surface area (Å²) in [6.45, 7) is 6.34. The summed E-state index contributed by atoms with van der Waals surface area (Å²) >= 11 is 1.24. The van der Waals surface area contributed by atoms with Crippen molar-refractivity contribution in [3.05, 3.63) is 29.3 Å². The smallest absolute Gasteiger partial charge is 0.263 e. The van der Waals surface area contributed by atoms with Crippen LogP contribution in [0.3, 0.4) is 0 Å². The molecule has 0 spiro atoms. The Labute approximate surface area is 190 Å². The molecule has 1 aromatic carbocycles. The third kappa shape index (κ3) is 9.35. The van der Waals surface area contributed by atoms with Crippen molar-refractivity contribution in [2.75, 3.05) is 10.0 Å². The molecule has 0 fully saturated rings. The van der Waals surface area contributed by atoms with Gasteiger partial charge in [-0.15, -0.1) is 10.2 Å². The number of amides is 1. The number of benzene rings is 1. The highest BCUT2D eigenvalue weighted by Gasteiger charge is 2.17. The second kappa shape index (κ2) is 12.8. The molecule has 1 amide bonds. The topological polar surface area (TPSA) is 101 Å². The fourth-order valence-electron chi connectivity index (χ4n) is 3.08. The summed E-state index contributed by atoms with van der Waals surface area (Å²) in [5, 5.41) is 11.8. The Bertz CT molecular complexity index is 909. The molecule has 1 aromatic heterocycles. The number of unbranched alkanes of at least 4 members (excludes halogenated alkanes) is 6. The second-order valence-electron chi connectivity index (χ2n) is 8.15. The molecule has 9 heteroatoms. The first-order chi connectivity index (χ1) is 14.8. The van der Waals surface area contributed by atoms with Crippen LogP contribution in [0.2, 0.25) is 0 Å². The van der Waals surface area contributed by atoms with Crippen molar-refractivity contribution < 1.29 is 13.2 Å². The third-order valence-electron chi connectivity index (χ3n) is 4.73. The average molecular weight is 467 g/mol. The summed E-state index contributed by atoms with van der Waals surface area (Å²) < 4.78 is 27.6. The molecule has 0 atom stereocenters. The van der Waals surface area contributed by atoms with E-state index in [2.05, 4.69) is 41.0 Å². The van der Waals surface area contributed by atoms with Gasteiger partial charge >= 0.3 is 0 Å². The van der Waals surface area contributed by atoms with Gasteiger partial charge in [-0.05, 0) is 36.6 Å². The van der Waals surface area contributed by atoms with Gasteiger partial charge < -0.3 is 5.32 Å². The first-order valence-electron chi connectivity index (χ1n) is 11.0. The molecular formula is C22H34N4O3S2. The highest BCUT2D eigenvalue weighted by Crippen LogP contribution is 2.22. The lowest BCUT2D eigenvalue weighted by molar-refractivity contribution is -0.116. The molecule has 31 heavy (non-hydrogen) atoms. The van der Waals surface area contributed by atoms with Crippen molar-refractivity contribution >= 4 is 38.1 Å². The first kappa shape index (κ1) is 25.3. The van der Waals surface area contributed by atoms with Crippen LogP contribution >= 0.6 is 11.3 Å². The standard InChI is InChI=1S/C22H34N4O3S2/c1-4-5-6-7-8-9-10-11-20(27)23-18-12-14-19(15-13-18)31(28,29)26-22-25-24-21(30-22)16-17(2)3/h12-15,17H,4-11,16H2,1-3H3,(H,23,27)(H,25,26). The number of anilines is 2. The lowest BCUT2D eigenvalue weighted by atomic mass is 10.1. The van der Waals surface area contributed by atoms with Gasteiger partial charge in [-0.1, -0.05) is 70.6 Å². The SMILES string of the molecule is CCCCCCCCCC(=O)Nc1ccc(S(=O)(=O)Nc2nnc(CC(C)C)s2)cc1. The van der Waals surface area contributed by atoms with Crippen molar-refractivity contribution in [3.8, 4) is 0 Å². The van der Waals surface area contributed by atoms with Gasteiger partial charge in [0, 0.05) is 18.5 Å². The molecule has 0 bridgehead atoms. The summed E-state index contributed by atoms with van der Waals surface area (Å²) in [7, 11) is -3.76. The zero-order chi connectivity index (χ0) is 22.7. The van der Waals surface area contributed by atoms with E-state index >= 15 is 0 Å². The molecule has 172 valence electrons. The predicted molar refractivity (Wildman–Crippen MR) is 127 cm³/mol. The zero-order valence-electron chi connectivity index (χ0n) is 18.7. The van der Waals surface area contributed by atoms with Crippen LogP contribution in [0.1, 0.15) is 77.1 Å². The number of carbonyl (C=O) groups excluding carboxylic acids is 1. The number of aromatic nitrogens is 2. The molecule has 0 unspecified atom stereocenters. The van der Waals surface area contributed by atoms with E-state index in [1.54, 1.807) is 12.1 Å². The molecule has 0 aliphatic heterocycles. The maximum Gasteiger partial charge on any atom is 0.263 e. The van der Waals surface area contributed by atoms with E-state index in [0.29, 0.717) is 18.0 Å². The quantitative estimate of drug-likeness (QED) is 0.352. The summed E-state index contributed by atoms with van der Waals surface area (Å²) in [6, 6.07) is 6.15. The van der Waals surface area contributed by atoms with Gasteiger partial charge in [0.05, 0.1) is 4.90 Å². The van der Waals surface area contributed by atoms with Gasteiger partial charge in [0.15, 0.2) is 0 Å². The molecular weight excluding hydrogens is 432 g/mol. The fraction of sp³-hybridized carbons (Fsp3) is 0.591. The van der Waals surface area contributed by atoms with E-state index in [-0.39, 0.29) is 15.9 Å². The van der Waals surface area contributed by atoms with E-state index in [9.17, 15) is 13.2 Å². The van der Waals surface area contributed by atoms with Gasteiger partial charge in [0.2, 0.25) is 11.0 Å². The highest BCUT2D eigenvalue weighted by atomic mass is 32.2. The monoisotopic (exact) mass is 466 g/mol. The molecule has 0 radical (unpaired) electrons. The Morgan fingerprint density at radius 2 is 1.65 bits per heavy atom. The van der Waals surface area contributed by atoms with Crippen molar-refractivity contribution in [2.45, 2.75) is 83.5 Å². The fourth-order valence-corrected chi connectivity index (χ4v) is 5.27. The number of rotatable bonds is 14. The van der Waals surface area contributed by atoms with Crippen LogP contribution in [0.4, 0.5) is 10.8 Å². The van der Waals surface area contributed by atoms with E-state index in [4.69, 9.17) is 0 Å². The Balaban J connectivity index is 1.80. The first-order valence-corrected chi connectivity index (χ1v) is 13.3. The molecule has 7 nitrogen and oxygen atoms in total. The van der Waals surface area contributed by atoms with Gasteiger partial charge in [-0.3, -0.25) is 9.52 Å². The van der Waals surface area contributed by atoms with Crippen LogP contribution in [0.5, 0.6) is 0 Å². The van der Waals surface area contributed by atoms with Crippen LogP contribution in [0, 0.1) is 5.92 Å². The lowest BCUT2D eigenvalue weighted by Gasteiger charge is -2.08. The van der Waals surface area contributed by atoms with Gasteiger partial charge in [-0.25, -0.2) is 8.42 Å². The molecule has 0 aliphatic rings. The van der Waals surface area contributed by atoms with Crippen LogP contribution in [-0.4, -0.2) is 24.5 Å². The van der Waals surface area contributed by atoms with E-state index in [0.717, 1.165) is 24.3 Å². The minimum Gasteiger partial charge on any atom is -0.326 e. The molecule has 2 rings (SSSR count). The highest BCUT2D eigenvalue weighted by molar-refractivity contribution is 7.93. The maximum atomic E-state index is 12.6. The van der Waals surface area contributed by atoms with E-state index < -0.39 is 10.0 Å². The molecule has 0 saturated heterocycles.